The van der Waals surface area contributed by atoms with Crippen LogP contribution in [-0.2, 0) is 13.9 Å². The molecule has 1 fully saturated rings. The van der Waals surface area contributed by atoms with Gasteiger partial charge in [0.25, 0.3) is 8.32 Å². The lowest BCUT2D eigenvalue weighted by Gasteiger charge is -2.43. The molecule has 0 aliphatic carbocycles. The zero-order chi connectivity index (χ0) is 26.8. The lowest BCUT2D eigenvalue weighted by atomic mass is 10.1. The second kappa shape index (κ2) is 10.7. The molecule has 2 aromatic carbocycles. The predicted octanol–water partition coefficient (Wildman–Crippen LogP) is 4.69. The van der Waals surface area contributed by atoms with Crippen molar-refractivity contribution in [2.45, 2.75) is 90.3 Å². The summed E-state index contributed by atoms with van der Waals surface area (Å²) in [5, 5.41) is 13.3. The fourth-order valence-corrected chi connectivity index (χ4v) is 9.70. The van der Waals surface area contributed by atoms with Gasteiger partial charge in [-0.1, -0.05) is 81.4 Å². The van der Waals surface area contributed by atoms with Crippen molar-refractivity contribution in [3.63, 3.8) is 0 Å². The van der Waals surface area contributed by atoms with E-state index < -0.39 is 31.8 Å². The minimum absolute atomic E-state index is 0.159. The third-order valence-corrected chi connectivity index (χ3v) is 11.6. The molecule has 1 aliphatic heterocycles. The first-order valence-electron chi connectivity index (χ1n) is 12.8. The predicted molar refractivity (Wildman–Crippen MR) is 146 cm³/mol. The molecule has 1 aliphatic rings. The summed E-state index contributed by atoms with van der Waals surface area (Å²) < 4.78 is 18.4. The SMILES string of the molecule is CC(C)(C)OC(=O)N1[C@@H](C[C@H](O)CO[Si](c2ccccc2)(c2ccccc2)C(C)(C)C)COC1(C)C. The molecule has 3 rings (SSSR count). The van der Waals surface area contributed by atoms with Crippen LogP contribution in [0.2, 0.25) is 5.04 Å². The summed E-state index contributed by atoms with van der Waals surface area (Å²) in [6, 6.07) is 20.4. The van der Waals surface area contributed by atoms with E-state index in [4.69, 9.17) is 13.9 Å². The molecule has 1 saturated heterocycles. The van der Waals surface area contributed by atoms with Crippen molar-refractivity contribution in [3.8, 4) is 0 Å². The van der Waals surface area contributed by atoms with E-state index in [2.05, 4.69) is 45.0 Å². The number of rotatable bonds is 7. The number of hydrogen-bond acceptors (Lipinski definition) is 5. The quantitative estimate of drug-likeness (QED) is 0.544. The number of aliphatic hydroxyl groups excluding tert-OH is 1. The molecule has 0 spiro atoms. The van der Waals surface area contributed by atoms with Crippen molar-refractivity contribution in [1.82, 2.24) is 4.90 Å². The van der Waals surface area contributed by atoms with E-state index >= 15 is 0 Å². The van der Waals surface area contributed by atoms with Gasteiger partial charge in [-0.2, -0.15) is 0 Å². The molecule has 2 atom stereocenters. The zero-order valence-corrected chi connectivity index (χ0v) is 24.1. The lowest BCUT2D eigenvalue weighted by Crippen LogP contribution is -2.67. The fourth-order valence-electron chi connectivity index (χ4n) is 5.10. The smallest absolute Gasteiger partial charge is 0.412 e. The monoisotopic (exact) mass is 513 g/mol. The average molecular weight is 514 g/mol. The Morgan fingerprint density at radius 3 is 1.97 bits per heavy atom. The molecule has 0 aromatic heterocycles. The van der Waals surface area contributed by atoms with Crippen LogP contribution in [0.5, 0.6) is 0 Å². The van der Waals surface area contributed by atoms with Crippen LogP contribution in [0.4, 0.5) is 4.79 Å². The van der Waals surface area contributed by atoms with Gasteiger partial charge in [-0.15, -0.1) is 0 Å². The summed E-state index contributed by atoms with van der Waals surface area (Å²) >= 11 is 0. The molecule has 0 saturated carbocycles. The Morgan fingerprint density at radius 2 is 1.53 bits per heavy atom. The van der Waals surface area contributed by atoms with Gasteiger partial charge >= 0.3 is 6.09 Å². The Kier molecular flexibility index (Phi) is 8.40. The first-order chi connectivity index (χ1) is 16.7. The Balaban J connectivity index is 1.85. The third-order valence-electron chi connectivity index (χ3n) is 6.62. The molecule has 1 heterocycles. The van der Waals surface area contributed by atoms with E-state index in [9.17, 15) is 9.90 Å². The highest BCUT2D eigenvalue weighted by molar-refractivity contribution is 6.99. The van der Waals surface area contributed by atoms with Crippen LogP contribution in [0, 0.1) is 0 Å². The van der Waals surface area contributed by atoms with Crippen LogP contribution in [0.25, 0.3) is 0 Å². The van der Waals surface area contributed by atoms with E-state index in [1.165, 1.54) is 0 Å². The molecule has 1 amide bonds. The summed E-state index contributed by atoms with van der Waals surface area (Å²) in [4.78, 5) is 14.6. The number of hydrogen-bond donors (Lipinski definition) is 1. The highest BCUT2D eigenvalue weighted by Gasteiger charge is 2.51. The minimum atomic E-state index is -2.76. The molecule has 0 bridgehead atoms. The van der Waals surface area contributed by atoms with Crippen LogP contribution < -0.4 is 10.4 Å². The number of ether oxygens (including phenoxy) is 2. The van der Waals surface area contributed by atoms with Crippen molar-refractivity contribution in [2.24, 2.45) is 0 Å². The number of aliphatic hydroxyl groups is 1. The van der Waals surface area contributed by atoms with Gasteiger partial charge in [0.05, 0.1) is 25.4 Å². The van der Waals surface area contributed by atoms with Gasteiger partial charge < -0.3 is 19.0 Å². The number of benzene rings is 2. The van der Waals surface area contributed by atoms with E-state index in [0.717, 1.165) is 10.4 Å². The largest absolute Gasteiger partial charge is 0.444 e. The molecule has 36 heavy (non-hydrogen) atoms. The normalized spacial score (nSPS) is 19.2. The zero-order valence-electron chi connectivity index (χ0n) is 23.1. The maximum Gasteiger partial charge on any atom is 0.412 e. The van der Waals surface area contributed by atoms with E-state index in [0.29, 0.717) is 13.0 Å². The average Bonchev–Trinajstić information content (AvgIpc) is 3.07. The molecule has 6 nitrogen and oxygen atoms in total. The van der Waals surface area contributed by atoms with Crippen LogP contribution in [-0.4, -0.2) is 61.1 Å². The van der Waals surface area contributed by atoms with Gasteiger partial charge in [-0.05, 0) is 56.5 Å². The maximum atomic E-state index is 13.0. The summed E-state index contributed by atoms with van der Waals surface area (Å²) in [5.41, 5.74) is -1.43. The molecular weight excluding hydrogens is 470 g/mol. The van der Waals surface area contributed by atoms with Crippen molar-refractivity contribution >= 4 is 24.8 Å². The topological polar surface area (TPSA) is 68.2 Å². The first-order valence-corrected chi connectivity index (χ1v) is 14.7. The number of amides is 1. The van der Waals surface area contributed by atoms with Crippen LogP contribution in [0.15, 0.2) is 60.7 Å². The summed E-state index contributed by atoms with van der Waals surface area (Å²) in [6.45, 7) is 16.4. The van der Waals surface area contributed by atoms with E-state index in [1.54, 1.807) is 4.90 Å². The van der Waals surface area contributed by atoms with Gasteiger partial charge in [-0.25, -0.2) is 4.79 Å². The highest BCUT2D eigenvalue weighted by Crippen LogP contribution is 2.37. The van der Waals surface area contributed by atoms with Crippen LogP contribution >= 0.6 is 0 Å². The molecule has 0 unspecified atom stereocenters. The van der Waals surface area contributed by atoms with Gasteiger partial charge in [0.1, 0.15) is 11.3 Å². The number of carbonyl (C=O) groups excluding carboxylic acids is 1. The first kappa shape index (κ1) is 28.4. The summed E-state index contributed by atoms with van der Waals surface area (Å²) in [5.74, 6) is 0. The Hall–Kier alpha value is -2.19. The maximum absolute atomic E-state index is 13.0. The van der Waals surface area contributed by atoms with Crippen LogP contribution in [0.3, 0.4) is 0 Å². The minimum Gasteiger partial charge on any atom is -0.444 e. The van der Waals surface area contributed by atoms with Crippen molar-refractivity contribution in [2.75, 3.05) is 13.2 Å². The molecule has 7 heteroatoms. The Morgan fingerprint density at radius 1 is 1.03 bits per heavy atom. The van der Waals surface area contributed by atoms with Crippen molar-refractivity contribution < 1.29 is 23.8 Å². The molecule has 0 radical (unpaired) electrons. The molecule has 1 N–H and O–H groups in total. The van der Waals surface area contributed by atoms with E-state index in [1.807, 2.05) is 71.0 Å². The summed E-state index contributed by atoms with van der Waals surface area (Å²) in [6.07, 6.45) is -0.880. The number of carbonyl (C=O) groups is 1. The third kappa shape index (κ3) is 6.19. The standard InChI is InChI=1S/C29H43NO5Si/c1-27(2,3)35-26(32)30-22(20-33-29(30,7)8)19-23(31)21-34-36(28(4,5)6,24-15-11-9-12-16-24)25-17-13-10-14-18-25/h9-18,22-23,31H,19-21H2,1-8H3/t22-,23-/m0/s1. The van der Waals surface area contributed by atoms with E-state index in [-0.39, 0.29) is 17.7 Å². The van der Waals surface area contributed by atoms with Gasteiger partial charge in [-0.3, -0.25) is 4.90 Å². The van der Waals surface area contributed by atoms with Crippen molar-refractivity contribution in [3.05, 3.63) is 60.7 Å². The fraction of sp³-hybridized carbons (Fsp3) is 0.552. The highest BCUT2D eigenvalue weighted by atomic mass is 28.4. The molecule has 198 valence electrons. The second-order valence-electron chi connectivity index (χ2n) is 12.1. The number of nitrogens with zero attached hydrogens (tertiary/aromatic N) is 1. The molecule has 2 aromatic rings. The van der Waals surface area contributed by atoms with Gasteiger partial charge in [0, 0.05) is 0 Å². The Bertz CT molecular complexity index is 958. The van der Waals surface area contributed by atoms with Crippen LogP contribution in [0.1, 0.15) is 61.8 Å². The second-order valence-corrected chi connectivity index (χ2v) is 16.4. The van der Waals surface area contributed by atoms with Gasteiger partial charge in [0.15, 0.2) is 0 Å². The Labute approximate surface area is 217 Å². The summed E-state index contributed by atoms with van der Waals surface area (Å²) in [7, 11) is -2.76. The lowest BCUT2D eigenvalue weighted by molar-refractivity contribution is -0.0640. The molecular formula is C29H43NO5Si. The van der Waals surface area contributed by atoms with Crippen molar-refractivity contribution in [1.29, 1.82) is 0 Å². The van der Waals surface area contributed by atoms with Gasteiger partial charge in [0.2, 0.25) is 0 Å².